The molecule has 0 heterocycles. The van der Waals surface area contributed by atoms with E-state index in [1.807, 2.05) is 43.3 Å². The second kappa shape index (κ2) is 14.3. The van der Waals surface area contributed by atoms with Crippen LogP contribution >= 0.6 is 34.8 Å². The van der Waals surface area contributed by atoms with E-state index in [4.69, 9.17) is 49.1 Å². The topological polar surface area (TPSA) is 40.0 Å². The molecule has 0 spiro atoms. The molecular weight excluding hydrogens is 469 g/mol. The van der Waals surface area contributed by atoms with E-state index in [9.17, 15) is 0 Å². The van der Waals surface area contributed by atoms with Gasteiger partial charge in [-0.2, -0.15) is 0 Å². The number of hydrogen-bond acceptors (Lipinski definition) is 4. The Kier molecular flexibility index (Phi) is 11.8. The smallest absolute Gasteiger partial charge is 0.125 e. The van der Waals surface area contributed by atoms with Crippen LogP contribution < -0.4 is 9.47 Å². The SMILES string of the molecule is CCc1cc(OCC=C(Cl)Cl)cc(CC)c1OCCCCON=C(C)c1ccc(Cl)cc1. The molecule has 0 atom stereocenters. The number of aryl methyl sites for hydroxylation is 2. The molecule has 0 fully saturated rings. The number of halogens is 3. The molecule has 32 heavy (non-hydrogen) atoms. The van der Waals surface area contributed by atoms with E-state index in [2.05, 4.69) is 19.0 Å². The third-order valence-electron chi connectivity index (χ3n) is 4.81. The summed E-state index contributed by atoms with van der Waals surface area (Å²) in [6, 6.07) is 11.6. The van der Waals surface area contributed by atoms with E-state index < -0.39 is 0 Å². The first-order chi connectivity index (χ1) is 15.4. The molecule has 0 aliphatic heterocycles. The van der Waals surface area contributed by atoms with Crippen molar-refractivity contribution >= 4 is 40.5 Å². The van der Waals surface area contributed by atoms with Crippen molar-refractivity contribution < 1.29 is 14.3 Å². The average Bonchev–Trinajstić information content (AvgIpc) is 2.78. The van der Waals surface area contributed by atoms with Gasteiger partial charge in [0.1, 0.15) is 29.2 Å². The summed E-state index contributed by atoms with van der Waals surface area (Å²) in [5.41, 5.74) is 4.06. The van der Waals surface area contributed by atoms with Crippen LogP contribution in [0.25, 0.3) is 0 Å². The van der Waals surface area contributed by atoms with Gasteiger partial charge in [0.05, 0.1) is 12.3 Å². The average molecular weight is 499 g/mol. The van der Waals surface area contributed by atoms with Crippen molar-refractivity contribution in [2.75, 3.05) is 19.8 Å². The van der Waals surface area contributed by atoms with Gasteiger partial charge in [-0.1, -0.05) is 65.9 Å². The number of nitrogens with zero attached hydrogens (tertiary/aromatic N) is 1. The zero-order valence-corrected chi connectivity index (χ0v) is 21.1. The minimum absolute atomic E-state index is 0.200. The Morgan fingerprint density at radius 1 is 0.938 bits per heavy atom. The van der Waals surface area contributed by atoms with Crippen molar-refractivity contribution in [2.24, 2.45) is 5.16 Å². The molecule has 2 aromatic carbocycles. The number of benzene rings is 2. The van der Waals surface area contributed by atoms with Gasteiger partial charge < -0.3 is 14.3 Å². The Morgan fingerprint density at radius 3 is 2.16 bits per heavy atom. The van der Waals surface area contributed by atoms with Gasteiger partial charge in [-0.25, -0.2) is 0 Å². The predicted octanol–water partition coefficient (Wildman–Crippen LogP) is 7.76. The van der Waals surface area contributed by atoms with Gasteiger partial charge in [-0.05, 0) is 79.6 Å². The molecule has 0 saturated heterocycles. The number of hydrogen-bond donors (Lipinski definition) is 0. The fourth-order valence-electron chi connectivity index (χ4n) is 3.05. The number of oxime groups is 1. The Morgan fingerprint density at radius 2 is 1.56 bits per heavy atom. The third kappa shape index (κ3) is 8.93. The Hall–Kier alpha value is -1.88. The summed E-state index contributed by atoms with van der Waals surface area (Å²) >= 11 is 17.2. The summed E-state index contributed by atoms with van der Waals surface area (Å²) in [6.45, 7) is 7.62. The molecule has 7 heteroatoms. The second-order valence-corrected chi connectivity index (χ2v) is 8.60. The van der Waals surface area contributed by atoms with E-state index in [0.717, 1.165) is 59.6 Å². The number of ether oxygens (including phenoxy) is 2. The van der Waals surface area contributed by atoms with Crippen molar-refractivity contribution in [3.63, 3.8) is 0 Å². The van der Waals surface area contributed by atoms with Gasteiger partial charge in [-0.3, -0.25) is 0 Å². The highest BCUT2D eigenvalue weighted by molar-refractivity contribution is 6.55. The molecule has 0 radical (unpaired) electrons. The molecule has 174 valence electrons. The van der Waals surface area contributed by atoms with Crippen LogP contribution in [0.1, 0.15) is 50.3 Å². The Labute approximate surface area is 206 Å². The maximum absolute atomic E-state index is 6.14. The van der Waals surface area contributed by atoms with Crippen molar-refractivity contribution in [1.82, 2.24) is 0 Å². The molecule has 0 saturated carbocycles. The van der Waals surface area contributed by atoms with Gasteiger partial charge in [0, 0.05) is 5.02 Å². The van der Waals surface area contributed by atoms with Crippen LogP contribution in [0.4, 0.5) is 0 Å². The number of unbranched alkanes of at least 4 members (excludes halogenated alkanes) is 1. The summed E-state index contributed by atoms with van der Waals surface area (Å²) in [7, 11) is 0. The summed E-state index contributed by atoms with van der Waals surface area (Å²) in [4.78, 5) is 5.45. The molecule has 0 aromatic heterocycles. The maximum Gasteiger partial charge on any atom is 0.125 e. The van der Waals surface area contributed by atoms with Gasteiger partial charge in [-0.15, -0.1) is 0 Å². The van der Waals surface area contributed by atoms with E-state index in [1.54, 1.807) is 6.08 Å². The first kappa shape index (κ1) is 26.4. The van der Waals surface area contributed by atoms with Crippen LogP contribution in [0.15, 0.2) is 52.1 Å². The molecule has 2 rings (SSSR count). The van der Waals surface area contributed by atoms with E-state index in [1.165, 1.54) is 0 Å². The minimum atomic E-state index is 0.200. The molecule has 0 unspecified atom stereocenters. The third-order valence-corrected chi connectivity index (χ3v) is 5.37. The summed E-state index contributed by atoms with van der Waals surface area (Å²) in [5, 5.41) is 4.88. The van der Waals surface area contributed by atoms with Crippen molar-refractivity contribution in [3.05, 3.63) is 68.7 Å². The minimum Gasteiger partial charge on any atom is -0.493 e. The molecule has 0 amide bonds. The standard InChI is InChI=1S/C25H30Cl3NO3/c1-4-19-16-23(30-15-12-24(27)28)17-20(5-2)25(19)31-13-6-7-14-32-29-18(3)21-8-10-22(26)11-9-21/h8-12,16-17H,4-7,13-15H2,1-3H3. The van der Waals surface area contributed by atoms with Crippen LogP contribution in [0.2, 0.25) is 5.02 Å². The van der Waals surface area contributed by atoms with Crippen LogP contribution in [0.3, 0.4) is 0 Å². The highest BCUT2D eigenvalue weighted by Crippen LogP contribution is 2.31. The largest absolute Gasteiger partial charge is 0.493 e. The molecular formula is C25H30Cl3NO3. The predicted molar refractivity (Wildman–Crippen MR) is 135 cm³/mol. The second-order valence-electron chi connectivity index (χ2n) is 7.15. The van der Waals surface area contributed by atoms with E-state index in [0.29, 0.717) is 24.8 Å². The first-order valence-electron chi connectivity index (χ1n) is 10.8. The molecule has 2 aromatic rings. The lowest BCUT2D eigenvalue weighted by atomic mass is 10.0. The lowest BCUT2D eigenvalue weighted by molar-refractivity contribution is 0.135. The maximum atomic E-state index is 6.14. The van der Waals surface area contributed by atoms with Crippen molar-refractivity contribution in [1.29, 1.82) is 0 Å². The zero-order valence-electron chi connectivity index (χ0n) is 18.8. The van der Waals surface area contributed by atoms with Gasteiger partial charge in [0.15, 0.2) is 0 Å². The highest BCUT2D eigenvalue weighted by Gasteiger charge is 2.11. The molecule has 0 N–H and O–H groups in total. The van der Waals surface area contributed by atoms with E-state index >= 15 is 0 Å². The van der Waals surface area contributed by atoms with Crippen LogP contribution in [0, 0.1) is 0 Å². The lowest BCUT2D eigenvalue weighted by Crippen LogP contribution is -2.05. The quantitative estimate of drug-likeness (QED) is 0.161. The van der Waals surface area contributed by atoms with Crippen LogP contribution in [0.5, 0.6) is 11.5 Å². The highest BCUT2D eigenvalue weighted by atomic mass is 35.5. The van der Waals surface area contributed by atoms with Crippen LogP contribution in [-0.4, -0.2) is 25.5 Å². The number of rotatable bonds is 13. The van der Waals surface area contributed by atoms with Crippen molar-refractivity contribution in [3.8, 4) is 11.5 Å². The van der Waals surface area contributed by atoms with Crippen LogP contribution in [-0.2, 0) is 17.7 Å². The fourth-order valence-corrected chi connectivity index (χ4v) is 3.30. The molecule has 0 aliphatic carbocycles. The molecule has 0 bridgehead atoms. The Balaban J connectivity index is 1.82. The monoisotopic (exact) mass is 497 g/mol. The van der Waals surface area contributed by atoms with Gasteiger partial charge in [0.2, 0.25) is 0 Å². The summed E-state index contributed by atoms with van der Waals surface area (Å²) in [5.74, 6) is 1.74. The lowest BCUT2D eigenvalue weighted by Gasteiger charge is -2.17. The Bertz CT molecular complexity index is 882. The van der Waals surface area contributed by atoms with Gasteiger partial charge in [0.25, 0.3) is 0 Å². The summed E-state index contributed by atoms with van der Waals surface area (Å²) in [6.07, 6.45) is 5.06. The van der Waals surface area contributed by atoms with Crippen molar-refractivity contribution in [2.45, 2.75) is 46.5 Å². The summed E-state index contributed by atoms with van der Waals surface area (Å²) < 4.78 is 12.1. The van der Waals surface area contributed by atoms with Gasteiger partial charge >= 0.3 is 0 Å². The molecule has 0 aliphatic rings. The van der Waals surface area contributed by atoms with E-state index in [-0.39, 0.29) is 4.49 Å². The fraction of sp³-hybridized carbons (Fsp3) is 0.400. The normalized spacial score (nSPS) is 11.2. The zero-order chi connectivity index (χ0) is 23.3. The molecule has 4 nitrogen and oxygen atoms in total. The first-order valence-corrected chi connectivity index (χ1v) is 11.9.